The molecule has 0 aliphatic rings. The fourth-order valence-electron chi connectivity index (χ4n) is 1.67. The summed E-state index contributed by atoms with van der Waals surface area (Å²) in [4.78, 5) is 8.58. The first-order chi connectivity index (χ1) is 9.33. The van der Waals surface area contributed by atoms with E-state index in [0.717, 1.165) is 30.0 Å². The average Bonchev–Trinajstić information content (AvgIpc) is 2.48. The second-order valence-electron chi connectivity index (χ2n) is 4.06. The molecule has 0 unspecified atom stereocenters. The molecule has 5 nitrogen and oxygen atoms in total. The lowest BCUT2D eigenvalue weighted by Crippen LogP contribution is -2.18. The number of ether oxygens (including phenoxy) is 1. The van der Waals surface area contributed by atoms with Gasteiger partial charge in [0, 0.05) is 31.0 Å². The van der Waals surface area contributed by atoms with Gasteiger partial charge in [-0.2, -0.15) is 0 Å². The van der Waals surface area contributed by atoms with Crippen molar-refractivity contribution in [1.82, 2.24) is 15.3 Å². The Labute approximate surface area is 113 Å². The highest BCUT2D eigenvalue weighted by Crippen LogP contribution is 2.22. The summed E-state index contributed by atoms with van der Waals surface area (Å²) in [5.41, 5.74) is 2.01. The summed E-state index contributed by atoms with van der Waals surface area (Å²) in [5, 5.41) is 6.19. The molecular formula is C14H18N4O. The van der Waals surface area contributed by atoms with E-state index in [4.69, 9.17) is 4.74 Å². The summed E-state index contributed by atoms with van der Waals surface area (Å²) in [7, 11) is 3.57. The van der Waals surface area contributed by atoms with Crippen LogP contribution in [0.4, 0.5) is 5.95 Å². The maximum absolute atomic E-state index is 5.21. The van der Waals surface area contributed by atoms with Crippen LogP contribution in [-0.4, -0.2) is 37.2 Å². The van der Waals surface area contributed by atoms with Gasteiger partial charge >= 0.3 is 0 Å². The van der Waals surface area contributed by atoms with E-state index in [1.807, 2.05) is 43.7 Å². The third-order valence-electron chi connectivity index (χ3n) is 2.71. The fourth-order valence-corrected chi connectivity index (χ4v) is 1.67. The van der Waals surface area contributed by atoms with Gasteiger partial charge in [0.25, 0.3) is 0 Å². The van der Waals surface area contributed by atoms with Crippen molar-refractivity contribution in [3.63, 3.8) is 0 Å². The molecule has 5 heteroatoms. The Balaban J connectivity index is 2.08. The number of likely N-dealkylation sites (N-methyl/N-ethyl adjacent to an activating group) is 1. The molecule has 0 spiro atoms. The second kappa shape index (κ2) is 6.70. The van der Waals surface area contributed by atoms with Crippen molar-refractivity contribution in [3.05, 3.63) is 36.7 Å². The monoisotopic (exact) mass is 258 g/mol. The molecule has 19 heavy (non-hydrogen) atoms. The van der Waals surface area contributed by atoms with Gasteiger partial charge in [-0.15, -0.1) is 0 Å². The number of rotatable bonds is 6. The second-order valence-corrected chi connectivity index (χ2v) is 4.06. The predicted molar refractivity (Wildman–Crippen MR) is 76.4 cm³/mol. The Morgan fingerprint density at radius 3 is 2.58 bits per heavy atom. The van der Waals surface area contributed by atoms with Gasteiger partial charge in [0.15, 0.2) is 0 Å². The van der Waals surface area contributed by atoms with Gasteiger partial charge in [0.2, 0.25) is 5.95 Å². The molecule has 2 N–H and O–H groups in total. The van der Waals surface area contributed by atoms with Gasteiger partial charge < -0.3 is 15.4 Å². The van der Waals surface area contributed by atoms with E-state index in [2.05, 4.69) is 20.6 Å². The zero-order chi connectivity index (χ0) is 13.5. The van der Waals surface area contributed by atoms with Gasteiger partial charge in [0.05, 0.1) is 7.11 Å². The number of nitrogens with zero attached hydrogens (tertiary/aromatic N) is 2. The Morgan fingerprint density at radius 1 is 1.11 bits per heavy atom. The minimum absolute atomic E-state index is 0.641. The third-order valence-corrected chi connectivity index (χ3v) is 2.71. The molecule has 0 aliphatic heterocycles. The minimum Gasteiger partial charge on any atom is -0.497 e. The van der Waals surface area contributed by atoms with Crippen LogP contribution in [0, 0.1) is 0 Å². The van der Waals surface area contributed by atoms with E-state index >= 15 is 0 Å². The van der Waals surface area contributed by atoms with E-state index < -0.39 is 0 Å². The van der Waals surface area contributed by atoms with E-state index in [9.17, 15) is 0 Å². The quantitative estimate of drug-likeness (QED) is 0.773. The normalized spacial score (nSPS) is 10.2. The van der Waals surface area contributed by atoms with Crippen LogP contribution in [0.2, 0.25) is 0 Å². The zero-order valence-electron chi connectivity index (χ0n) is 11.2. The summed E-state index contributed by atoms with van der Waals surface area (Å²) < 4.78 is 5.21. The molecular weight excluding hydrogens is 240 g/mol. The maximum atomic E-state index is 5.21. The number of hydrogen-bond acceptors (Lipinski definition) is 5. The first kappa shape index (κ1) is 13.3. The molecule has 2 aromatic rings. The molecule has 0 saturated heterocycles. The van der Waals surface area contributed by atoms with Crippen LogP contribution in [0.5, 0.6) is 5.75 Å². The molecule has 0 bridgehead atoms. The highest BCUT2D eigenvalue weighted by molar-refractivity contribution is 5.63. The molecule has 0 aliphatic carbocycles. The molecule has 0 amide bonds. The number of benzene rings is 1. The molecule has 1 aromatic carbocycles. The highest BCUT2D eigenvalue weighted by atomic mass is 16.5. The molecule has 0 fully saturated rings. The Bertz CT molecular complexity index is 513. The summed E-state index contributed by atoms with van der Waals surface area (Å²) in [6.07, 6.45) is 3.62. The number of methoxy groups -OCH3 is 1. The van der Waals surface area contributed by atoms with Crippen LogP contribution in [-0.2, 0) is 0 Å². The van der Waals surface area contributed by atoms with Gasteiger partial charge in [0.1, 0.15) is 5.75 Å². The van der Waals surface area contributed by atoms with Crippen LogP contribution >= 0.6 is 0 Å². The minimum atomic E-state index is 0.641. The van der Waals surface area contributed by atoms with Crippen LogP contribution in [0.1, 0.15) is 0 Å². The van der Waals surface area contributed by atoms with Crippen LogP contribution in [0.15, 0.2) is 36.7 Å². The van der Waals surface area contributed by atoms with Crippen molar-refractivity contribution in [2.45, 2.75) is 0 Å². The zero-order valence-corrected chi connectivity index (χ0v) is 11.2. The summed E-state index contributed by atoms with van der Waals surface area (Å²) in [6.45, 7) is 1.68. The Kier molecular flexibility index (Phi) is 4.69. The van der Waals surface area contributed by atoms with Crippen molar-refractivity contribution in [1.29, 1.82) is 0 Å². The standard InChI is InChI=1S/C14H18N4O/c1-15-6-7-16-14-17-9-12(10-18-14)11-4-3-5-13(8-11)19-2/h3-5,8-10,15H,6-7H2,1-2H3,(H,16,17,18). The number of aromatic nitrogens is 2. The van der Waals surface area contributed by atoms with E-state index in [1.165, 1.54) is 0 Å². The number of hydrogen-bond donors (Lipinski definition) is 2. The van der Waals surface area contributed by atoms with Gasteiger partial charge in [-0.3, -0.25) is 0 Å². The highest BCUT2D eigenvalue weighted by Gasteiger charge is 2.01. The van der Waals surface area contributed by atoms with Crippen molar-refractivity contribution < 1.29 is 4.74 Å². The molecule has 0 saturated carbocycles. The van der Waals surface area contributed by atoms with Crippen LogP contribution in [0.25, 0.3) is 11.1 Å². The third kappa shape index (κ3) is 3.66. The van der Waals surface area contributed by atoms with Crippen molar-refractivity contribution in [3.8, 4) is 16.9 Å². The Hall–Kier alpha value is -2.14. The van der Waals surface area contributed by atoms with E-state index in [0.29, 0.717) is 5.95 Å². The smallest absolute Gasteiger partial charge is 0.222 e. The number of nitrogens with one attached hydrogen (secondary N) is 2. The predicted octanol–water partition coefficient (Wildman–Crippen LogP) is 1.78. The van der Waals surface area contributed by atoms with Crippen molar-refractivity contribution in [2.24, 2.45) is 0 Å². The first-order valence-corrected chi connectivity index (χ1v) is 6.18. The van der Waals surface area contributed by atoms with Crippen LogP contribution in [0.3, 0.4) is 0 Å². The van der Waals surface area contributed by atoms with Gasteiger partial charge in [-0.05, 0) is 24.7 Å². The molecule has 100 valence electrons. The first-order valence-electron chi connectivity index (χ1n) is 6.18. The van der Waals surface area contributed by atoms with E-state index in [-0.39, 0.29) is 0 Å². The maximum Gasteiger partial charge on any atom is 0.222 e. The molecule has 2 rings (SSSR count). The fraction of sp³-hybridized carbons (Fsp3) is 0.286. The number of anilines is 1. The summed E-state index contributed by atoms with van der Waals surface area (Å²) in [5.74, 6) is 1.47. The van der Waals surface area contributed by atoms with Gasteiger partial charge in [-0.1, -0.05) is 12.1 Å². The topological polar surface area (TPSA) is 59.1 Å². The molecule has 1 heterocycles. The lowest BCUT2D eigenvalue weighted by molar-refractivity contribution is 0.415. The molecule has 0 atom stereocenters. The summed E-state index contributed by atoms with van der Waals surface area (Å²) >= 11 is 0. The average molecular weight is 258 g/mol. The lowest BCUT2D eigenvalue weighted by atomic mass is 10.1. The lowest BCUT2D eigenvalue weighted by Gasteiger charge is -2.06. The Morgan fingerprint density at radius 2 is 1.89 bits per heavy atom. The molecule has 0 radical (unpaired) electrons. The van der Waals surface area contributed by atoms with Gasteiger partial charge in [-0.25, -0.2) is 9.97 Å². The van der Waals surface area contributed by atoms with Crippen molar-refractivity contribution in [2.75, 3.05) is 32.6 Å². The summed E-state index contributed by atoms with van der Waals surface area (Å²) in [6, 6.07) is 7.84. The largest absolute Gasteiger partial charge is 0.497 e. The SMILES string of the molecule is CNCCNc1ncc(-c2cccc(OC)c2)cn1. The van der Waals surface area contributed by atoms with Crippen molar-refractivity contribution >= 4 is 5.95 Å². The van der Waals surface area contributed by atoms with E-state index in [1.54, 1.807) is 7.11 Å². The molecule has 1 aromatic heterocycles. The van der Waals surface area contributed by atoms with Crippen LogP contribution < -0.4 is 15.4 Å².